The van der Waals surface area contributed by atoms with Gasteiger partial charge in [0.2, 0.25) is 0 Å². The standard InChI is InChI=1S/C13H17NO/c1-9(14)13(15)12-7-6-10-4-2-3-5-11(10)8-12/h6-9H,2-5,14H2,1H3. The fourth-order valence-corrected chi connectivity index (χ4v) is 2.15. The summed E-state index contributed by atoms with van der Waals surface area (Å²) in [6.45, 7) is 1.74. The van der Waals surface area contributed by atoms with Gasteiger partial charge in [0.25, 0.3) is 0 Å². The summed E-state index contributed by atoms with van der Waals surface area (Å²) in [5.41, 5.74) is 9.11. The van der Waals surface area contributed by atoms with Crippen LogP contribution in [0, 0.1) is 0 Å². The van der Waals surface area contributed by atoms with Crippen molar-refractivity contribution < 1.29 is 4.79 Å². The minimum atomic E-state index is -0.397. The molecule has 2 rings (SSSR count). The van der Waals surface area contributed by atoms with Gasteiger partial charge in [-0.05, 0) is 49.8 Å². The maximum absolute atomic E-state index is 11.7. The van der Waals surface area contributed by atoms with Crippen molar-refractivity contribution in [1.29, 1.82) is 0 Å². The zero-order valence-corrected chi connectivity index (χ0v) is 9.12. The summed E-state index contributed by atoms with van der Waals surface area (Å²) < 4.78 is 0. The van der Waals surface area contributed by atoms with Crippen LogP contribution in [-0.4, -0.2) is 11.8 Å². The van der Waals surface area contributed by atoms with E-state index in [0.717, 1.165) is 18.4 Å². The van der Waals surface area contributed by atoms with Crippen molar-refractivity contribution in [3.05, 3.63) is 34.9 Å². The van der Waals surface area contributed by atoms with Gasteiger partial charge in [-0.1, -0.05) is 12.1 Å². The Morgan fingerprint density at radius 3 is 2.60 bits per heavy atom. The quantitative estimate of drug-likeness (QED) is 0.748. The van der Waals surface area contributed by atoms with E-state index in [2.05, 4.69) is 6.07 Å². The van der Waals surface area contributed by atoms with Crippen molar-refractivity contribution in [2.45, 2.75) is 38.6 Å². The fraction of sp³-hybridized carbons (Fsp3) is 0.462. The number of nitrogens with two attached hydrogens (primary N) is 1. The molecule has 1 aliphatic carbocycles. The zero-order valence-electron chi connectivity index (χ0n) is 9.12. The second kappa shape index (κ2) is 4.15. The number of hydrogen-bond donors (Lipinski definition) is 1. The summed E-state index contributed by atoms with van der Waals surface area (Å²) in [5.74, 6) is 0.0448. The lowest BCUT2D eigenvalue weighted by Gasteiger charge is -2.16. The van der Waals surface area contributed by atoms with Gasteiger partial charge in [-0.2, -0.15) is 0 Å². The van der Waals surface area contributed by atoms with Crippen LogP contribution >= 0.6 is 0 Å². The molecule has 0 saturated heterocycles. The lowest BCUT2D eigenvalue weighted by atomic mass is 9.89. The number of ketones is 1. The van der Waals surface area contributed by atoms with Crippen molar-refractivity contribution in [3.8, 4) is 0 Å². The van der Waals surface area contributed by atoms with Crippen LogP contribution < -0.4 is 5.73 Å². The Hall–Kier alpha value is -1.15. The molecule has 0 aromatic heterocycles. The molecule has 1 aromatic carbocycles. The third kappa shape index (κ3) is 2.10. The average molecular weight is 203 g/mol. The predicted octanol–water partition coefficient (Wildman–Crippen LogP) is 2.10. The Labute approximate surface area is 90.5 Å². The first-order valence-corrected chi connectivity index (χ1v) is 5.60. The molecule has 0 fully saturated rings. The number of benzene rings is 1. The molecule has 1 aromatic rings. The summed E-state index contributed by atoms with van der Waals surface area (Å²) in [6, 6.07) is 5.63. The molecule has 0 radical (unpaired) electrons. The number of rotatable bonds is 2. The average Bonchev–Trinajstić information content (AvgIpc) is 2.27. The van der Waals surface area contributed by atoms with Crippen LogP contribution in [0.25, 0.3) is 0 Å². The molecule has 0 heterocycles. The van der Waals surface area contributed by atoms with Crippen molar-refractivity contribution in [2.75, 3.05) is 0 Å². The van der Waals surface area contributed by atoms with Gasteiger partial charge in [0, 0.05) is 5.56 Å². The number of aryl methyl sites for hydroxylation is 2. The van der Waals surface area contributed by atoms with Gasteiger partial charge in [0.1, 0.15) is 0 Å². The summed E-state index contributed by atoms with van der Waals surface area (Å²) in [7, 11) is 0. The van der Waals surface area contributed by atoms with Crippen LogP contribution in [0.2, 0.25) is 0 Å². The highest BCUT2D eigenvalue weighted by Crippen LogP contribution is 2.22. The second-order valence-electron chi connectivity index (χ2n) is 4.34. The molecule has 0 bridgehead atoms. The van der Waals surface area contributed by atoms with Crippen LogP contribution in [0.4, 0.5) is 0 Å². The Kier molecular flexibility index (Phi) is 2.87. The van der Waals surface area contributed by atoms with Crippen molar-refractivity contribution in [3.63, 3.8) is 0 Å². The van der Waals surface area contributed by atoms with E-state index in [1.165, 1.54) is 24.0 Å². The molecule has 1 unspecified atom stereocenters. The molecule has 1 atom stereocenters. The van der Waals surface area contributed by atoms with Gasteiger partial charge in [-0.3, -0.25) is 4.79 Å². The van der Waals surface area contributed by atoms with Gasteiger partial charge < -0.3 is 5.73 Å². The molecule has 0 aliphatic heterocycles. The smallest absolute Gasteiger partial charge is 0.179 e. The molecule has 2 N–H and O–H groups in total. The summed E-state index contributed by atoms with van der Waals surface area (Å²) in [4.78, 5) is 11.7. The van der Waals surface area contributed by atoms with Crippen LogP contribution in [0.15, 0.2) is 18.2 Å². The van der Waals surface area contributed by atoms with E-state index in [1.807, 2.05) is 12.1 Å². The van der Waals surface area contributed by atoms with Crippen LogP contribution in [0.5, 0.6) is 0 Å². The summed E-state index contributed by atoms with van der Waals surface area (Å²) in [6.07, 6.45) is 4.77. The maximum Gasteiger partial charge on any atom is 0.179 e. The van der Waals surface area contributed by atoms with Crippen LogP contribution in [-0.2, 0) is 12.8 Å². The number of carbonyl (C=O) groups is 1. The Morgan fingerprint density at radius 2 is 1.93 bits per heavy atom. The third-order valence-corrected chi connectivity index (χ3v) is 3.05. The first-order chi connectivity index (χ1) is 7.18. The highest BCUT2D eigenvalue weighted by atomic mass is 16.1. The predicted molar refractivity (Wildman–Crippen MR) is 61.1 cm³/mol. The first kappa shape index (κ1) is 10.4. The molecule has 0 spiro atoms. The first-order valence-electron chi connectivity index (χ1n) is 5.60. The van der Waals surface area contributed by atoms with Gasteiger partial charge in [-0.15, -0.1) is 0 Å². The van der Waals surface area contributed by atoms with Crippen LogP contribution in [0.1, 0.15) is 41.3 Å². The number of Topliss-reactive ketones (excluding diaryl/α,β-unsaturated/α-hetero) is 1. The van der Waals surface area contributed by atoms with E-state index in [-0.39, 0.29) is 5.78 Å². The molecular weight excluding hydrogens is 186 g/mol. The SMILES string of the molecule is CC(N)C(=O)c1ccc2c(c1)CCCC2. The Bertz CT molecular complexity index is 382. The van der Waals surface area contributed by atoms with Gasteiger partial charge >= 0.3 is 0 Å². The fourth-order valence-electron chi connectivity index (χ4n) is 2.15. The Balaban J connectivity index is 2.32. The zero-order chi connectivity index (χ0) is 10.8. The minimum absolute atomic E-state index is 0.0448. The Morgan fingerprint density at radius 1 is 1.27 bits per heavy atom. The number of carbonyl (C=O) groups excluding carboxylic acids is 1. The van der Waals surface area contributed by atoms with E-state index < -0.39 is 6.04 Å². The monoisotopic (exact) mass is 203 g/mol. The molecule has 2 heteroatoms. The van der Waals surface area contributed by atoms with Crippen molar-refractivity contribution in [2.24, 2.45) is 5.73 Å². The molecule has 80 valence electrons. The van der Waals surface area contributed by atoms with E-state index in [9.17, 15) is 4.79 Å². The molecule has 15 heavy (non-hydrogen) atoms. The second-order valence-corrected chi connectivity index (χ2v) is 4.34. The molecule has 0 amide bonds. The lowest BCUT2D eigenvalue weighted by Crippen LogP contribution is -2.26. The largest absolute Gasteiger partial charge is 0.321 e. The topological polar surface area (TPSA) is 43.1 Å². The van der Waals surface area contributed by atoms with Gasteiger partial charge in [0.15, 0.2) is 5.78 Å². The third-order valence-electron chi connectivity index (χ3n) is 3.05. The minimum Gasteiger partial charge on any atom is -0.321 e. The number of hydrogen-bond acceptors (Lipinski definition) is 2. The van der Waals surface area contributed by atoms with Gasteiger partial charge in [-0.25, -0.2) is 0 Å². The summed E-state index contributed by atoms with van der Waals surface area (Å²) in [5, 5.41) is 0. The highest BCUT2D eigenvalue weighted by molar-refractivity contribution is 5.99. The molecular formula is C13H17NO. The van der Waals surface area contributed by atoms with Crippen molar-refractivity contribution in [1.82, 2.24) is 0 Å². The van der Waals surface area contributed by atoms with Gasteiger partial charge in [0.05, 0.1) is 6.04 Å². The van der Waals surface area contributed by atoms with E-state index in [1.54, 1.807) is 6.92 Å². The lowest BCUT2D eigenvalue weighted by molar-refractivity contribution is 0.0968. The van der Waals surface area contributed by atoms with Crippen LogP contribution in [0.3, 0.4) is 0 Å². The molecule has 2 nitrogen and oxygen atoms in total. The maximum atomic E-state index is 11.7. The van der Waals surface area contributed by atoms with E-state index in [0.29, 0.717) is 0 Å². The molecule has 1 aliphatic rings. The normalized spacial score (nSPS) is 16.9. The van der Waals surface area contributed by atoms with E-state index in [4.69, 9.17) is 5.73 Å². The summed E-state index contributed by atoms with van der Waals surface area (Å²) >= 11 is 0. The van der Waals surface area contributed by atoms with E-state index >= 15 is 0 Å². The number of fused-ring (bicyclic) bond motifs is 1. The highest BCUT2D eigenvalue weighted by Gasteiger charge is 2.14. The van der Waals surface area contributed by atoms with Crippen molar-refractivity contribution >= 4 is 5.78 Å². The molecule has 0 saturated carbocycles.